The highest BCUT2D eigenvalue weighted by Crippen LogP contribution is 2.20. The van der Waals surface area contributed by atoms with Crippen molar-refractivity contribution in [2.45, 2.75) is 32.2 Å². The lowest BCUT2D eigenvalue weighted by molar-refractivity contribution is 0.0693. The van der Waals surface area contributed by atoms with Gasteiger partial charge in [-0.05, 0) is 37.3 Å². The van der Waals surface area contributed by atoms with Crippen LogP contribution in [0.5, 0.6) is 0 Å². The Kier molecular flexibility index (Phi) is 3.81. The molecular weight excluding hydrogens is 234 g/mol. The molecule has 0 aliphatic heterocycles. The number of carboxylic acid groups (broad SMARTS) is 1. The molecule has 1 aliphatic rings. The number of carboxylic acids is 1. The van der Waals surface area contributed by atoms with Gasteiger partial charge in [-0.2, -0.15) is 0 Å². The Morgan fingerprint density at radius 1 is 1.44 bits per heavy atom. The number of carbonyl (C=O) groups is 1. The van der Waals surface area contributed by atoms with Crippen LogP contribution in [0, 0.1) is 0 Å². The third-order valence-electron chi connectivity index (χ3n) is 3.35. The molecule has 0 unspecified atom stereocenters. The van der Waals surface area contributed by atoms with Gasteiger partial charge in [-0.25, -0.2) is 4.79 Å². The summed E-state index contributed by atoms with van der Waals surface area (Å²) in [4.78, 5) is 23.2. The van der Waals surface area contributed by atoms with Crippen molar-refractivity contribution < 1.29 is 14.6 Å². The molecule has 1 N–H and O–H groups in total. The predicted octanol–water partition coefficient (Wildman–Crippen LogP) is 1.07. The molecule has 0 spiro atoms. The average Bonchev–Trinajstić information content (AvgIpc) is 2.37. The van der Waals surface area contributed by atoms with Crippen LogP contribution >= 0.6 is 0 Å². The summed E-state index contributed by atoms with van der Waals surface area (Å²) in [5.74, 6) is -1.15. The molecule has 0 fully saturated rings. The van der Waals surface area contributed by atoms with E-state index in [2.05, 4.69) is 0 Å². The molecule has 1 heterocycles. The summed E-state index contributed by atoms with van der Waals surface area (Å²) in [6, 6.07) is 1.54. The molecule has 0 radical (unpaired) electrons. The molecule has 5 heteroatoms. The fourth-order valence-electron chi connectivity index (χ4n) is 2.45. The van der Waals surface area contributed by atoms with Gasteiger partial charge in [0.05, 0.1) is 6.61 Å². The number of aromatic carboxylic acids is 1. The Morgan fingerprint density at radius 2 is 2.17 bits per heavy atom. The number of hydrogen-bond donors (Lipinski definition) is 1. The summed E-state index contributed by atoms with van der Waals surface area (Å²) in [5, 5.41) is 9.07. The summed E-state index contributed by atoms with van der Waals surface area (Å²) >= 11 is 0. The second-order valence-corrected chi connectivity index (χ2v) is 4.49. The zero-order valence-electron chi connectivity index (χ0n) is 10.4. The molecule has 18 heavy (non-hydrogen) atoms. The average molecular weight is 251 g/mol. The summed E-state index contributed by atoms with van der Waals surface area (Å²) in [5.41, 5.74) is 1.43. The Balaban J connectivity index is 2.55. The van der Waals surface area contributed by atoms with Crippen molar-refractivity contribution in [3.8, 4) is 0 Å². The third kappa shape index (κ3) is 2.31. The first-order chi connectivity index (χ1) is 8.65. The van der Waals surface area contributed by atoms with Crippen LogP contribution in [-0.2, 0) is 24.1 Å². The van der Waals surface area contributed by atoms with Gasteiger partial charge in [-0.3, -0.25) is 4.79 Å². The number of nitrogens with zero attached hydrogens (tertiary/aromatic N) is 1. The lowest BCUT2D eigenvalue weighted by Gasteiger charge is -2.21. The molecule has 98 valence electrons. The van der Waals surface area contributed by atoms with E-state index in [-0.39, 0.29) is 5.56 Å². The SMILES string of the molecule is COCCn1c2c(cc(C(=O)O)c1=O)CCCC2. The first-order valence-electron chi connectivity index (χ1n) is 6.13. The number of ether oxygens (including phenoxy) is 1. The van der Waals surface area contributed by atoms with E-state index >= 15 is 0 Å². The largest absolute Gasteiger partial charge is 0.477 e. The van der Waals surface area contributed by atoms with E-state index in [1.54, 1.807) is 17.7 Å². The van der Waals surface area contributed by atoms with Gasteiger partial charge in [-0.1, -0.05) is 0 Å². The van der Waals surface area contributed by atoms with Crippen molar-refractivity contribution >= 4 is 5.97 Å². The zero-order valence-corrected chi connectivity index (χ0v) is 10.4. The molecule has 0 saturated carbocycles. The molecule has 5 nitrogen and oxygen atoms in total. The second kappa shape index (κ2) is 5.35. The minimum Gasteiger partial charge on any atom is -0.477 e. The molecule has 0 atom stereocenters. The van der Waals surface area contributed by atoms with Gasteiger partial charge in [0, 0.05) is 19.3 Å². The highest BCUT2D eigenvalue weighted by atomic mass is 16.5. The zero-order chi connectivity index (χ0) is 13.1. The number of pyridine rings is 1. The van der Waals surface area contributed by atoms with Crippen LogP contribution in [0.25, 0.3) is 0 Å². The number of aromatic nitrogens is 1. The highest BCUT2D eigenvalue weighted by molar-refractivity contribution is 5.87. The molecule has 2 rings (SSSR count). The fourth-order valence-corrected chi connectivity index (χ4v) is 2.45. The van der Waals surface area contributed by atoms with E-state index in [0.29, 0.717) is 13.2 Å². The second-order valence-electron chi connectivity index (χ2n) is 4.49. The summed E-state index contributed by atoms with van der Waals surface area (Å²) < 4.78 is 6.56. The van der Waals surface area contributed by atoms with E-state index in [1.165, 1.54) is 0 Å². The molecule has 0 saturated heterocycles. The first kappa shape index (κ1) is 12.8. The van der Waals surface area contributed by atoms with Crippen LogP contribution in [0.4, 0.5) is 0 Å². The lowest BCUT2D eigenvalue weighted by Crippen LogP contribution is -2.32. The maximum Gasteiger partial charge on any atom is 0.341 e. The topological polar surface area (TPSA) is 68.5 Å². The maximum absolute atomic E-state index is 12.1. The van der Waals surface area contributed by atoms with E-state index in [0.717, 1.165) is 36.9 Å². The number of aryl methyl sites for hydroxylation is 1. The summed E-state index contributed by atoms with van der Waals surface area (Å²) in [7, 11) is 1.57. The van der Waals surface area contributed by atoms with Gasteiger partial charge in [0.25, 0.3) is 5.56 Å². The maximum atomic E-state index is 12.1. The van der Waals surface area contributed by atoms with Gasteiger partial charge in [-0.15, -0.1) is 0 Å². The molecular formula is C13H17NO4. The summed E-state index contributed by atoms with van der Waals surface area (Å²) in [6.07, 6.45) is 3.79. The smallest absolute Gasteiger partial charge is 0.341 e. The standard InChI is InChI=1S/C13H17NO4/c1-18-7-6-14-11-5-3-2-4-9(11)8-10(12(14)15)13(16)17/h8H,2-7H2,1H3,(H,16,17). The van der Waals surface area contributed by atoms with Crippen molar-refractivity contribution in [2.24, 2.45) is 0 Å². The van der Waals surface area contributed by atoms with Gasteiger partial charge in [0.1, 0.15) is 5.56 Å². The Labute approximate surface area is 105 Å². The predicted molar refractivity (Wildman–Crippen MR) is 66.2 cm³/mol. The normalized spacial score (nSPS) is 14.3. The Bertz CT molecular complexity index is 518. The highest BCUT2D eigenvalue weighted by Gasteiger charge is 2.20. The molecule has 1 aliphatic carbocycles. The summed E-state index contributed by atoms with van der Waals surface area (Å²) in [6.45, 7) is 0.828. The number of hydrogen-bond acceptors (Lipinski definition) is 3. The van der Waals surface area contributed by atoms with Crippen LogP contribution in [0.1, 0.15) is 34.5 Å². The van der Waals surface area contributed by atoms with Crippen molar-refractivity contribution in [3.63, 3.8) is 0 Å². The molecule has 1 aromatic heterocycles. The van der Waals surface area contributed by atoms with Crippen LogP contribution in [-0.4, -0.2) is 29.4 Å². The van der Waals surface area contributed by atoms with Crippen molar-refractivity contribution in [3.05, 3.63) is 33.2 Å². The Hall–Kier alpha value is -1.62. The van der Waals surface area contributed by atoms with E-state index in [1.807, 2.05) is 0 Å². The number of fused-ring (bicyclic) bond motifs is 1. The van der Waals surface area contributed by atoms with E-state index < -0.39 is 11.5 Å². The van der Waals surface area contributed by atoms with Crippen LogP contribution in [0.3, 0.4) is 0 Å². The molecule has 0 aromatic carbocycles. The minimum absolute atomic E-state index is 0.133. The lowest BCUT2D eigenvalue weighted by atomic mass is 9.94. The van der Waals surface area contributed by atoms with Gasteiger partial charge >= 0.3 is 5.97 Å². The number of rotatable bonds is 4. The van der Waals surface area contributed by atoms with Gasteiger partial charge in [0.2, 0.25) is 0 Å². The van der Waals surface area contributed by atoms with E-state index in [4.69, 9.17) is 9.84 Å². The van der Waals surface area contributed by atoms with Crippen LogP contribution in [0.2, 0.25) is 0 Å². The van der Waals surface area contributed by atoms with Crippen molar-refractivity contribution in [1.82, 2.24) is 4.57 Å². The number of methoxy groups -OCH3 is 1. The third-order valence-corrected chi connectivity index (χ3v) is 3.35. The van der Waals surface area contributed by atoms with Crippen molar-refractivity contribution in [1.29, 1.82) is 0 Å². The van der Waals surface area contributed by atoms with Crippen LogP contribution in [0.15, 0.2) is 10.9 Å². The Morgan fingerprint density at radius 3 is 2.83 bits per heavy atom. The van der Waals surface area contributed by atoms with Gasteiger partial charge in [0.15, 0.2) is 0 Å². The van der Waals surface area contributed by atoms with Crippen molar-refractivity contribution in [2.75, 3.05) is 13.7 Å². The first-order valence-corrected chi connectivity index (χ1v) is 6.13. The fraction of sp³-hybridized carbons (Fsp3) is 0.538. The van der Waals surface area contributed by atoms with E-state index in [9.17, 15) is 9.59 Å². The van der Waals surface area contributed by atoms with Crippen LogP contribution < -0.4 is 5.56 Å². The molecule has 0 bridgehead atoms. The monoisotopic (exact) mass is 251 g/mol. The minimum atomic E-state index is -1.15. The molecule has 1 aromatic rings. The quantitative estimate of drug-likeness (QED) is 0.869. The molecule has 0 amide bonds. The van der Waals surface area contributed by atoms with Gasteiger partial charge < -0.3 is 14.4 Å².